The number of hydrogen-bond donors (Lipinski definition) is 0. The minimum Gasteiger partial charge on any atom is -0.341 e. The van der Waals surface area contributed by atoms with Crippen LogP contribution in [0.2, 0.25) is 0 Å². The molecule has 0 spiro atoms. The average Bonchev–Trinajstić information content (AvgIpc) is 3.18. The molecule has 0 bridgehead atoms. The van der Waals surface area contributed by atoms with Gasteiger partial charge in [-0.2, -0.15) is 5.10 Å². The number of aryl methyl sites for hydroxylation is 2. The molecule has 1 aromatic carbocycles. The molecule has 1 aliphatic heterocycles. The maximum Gasteiger partial charge on any atom is 0.247 e. The van der Waals surface area contributed by atoms with E-state index in [2.05, 4.69) is 11.2 Å². The zero-order valence-corrected chi connectivity index (χ0v) is 17.7. The molecule has 6 heteroatoms. The normalized spacial score (nSPS) is 15.9. The zero-order chi connectivity index (χ0) is 21.3. The van der Waals surface area contributed by atoms with Gasteiger partial charge in [-0.05, 0) is 75.1 Å². The number of piperidine rings is 1. The Bertz CT molecular complexity index is 1040. The Morgan fingerprint density at radius 1 is 1.07 bits per heavy atom. The van der Waals surface area contributed by atoms with Gasteiger partial charge in [0.2, 0.25) is 5.91 Å². The summed E-state index contributed by atoms with van der Waals surface area (Å²) in [7, 11) is 0. The molecule has 1 atom stereocenters. The molecule has 1 amide bonds. The van der Waals surface area contributed by atoms with Crippen LogP contribution in [-0.4, -0.2) is 38.7 Å². The second kappa shape index (κ2) is 8.38. The highest BCUT2D eigenvalue weighted by Crippen LogP contribution is 2.31. The van der Waals surface area contributed by atoms with Gasteiger partial charge in [-0.25, -0.2) is 4.39 Å². The van der Waals surface area contributed by atoms with Crippen LogP contribution in [0.5, 0.6) is 0 Å². The predicted octanol–water partition coefficient (Wildman–Crippen LogP) is 4.67. The van der Waals surface area contributed by atoms with Gasteiger partial charge >= 0.3 is 0 Å². The maximum atomic E-state index is 13.3. The molecular formula is C24H27FN4O. The first-order valence-electron chi connectivity index (χ1n) is 10.5. The molecule has 1 fully saturated rings. The van der Waals surface area contributed by atoms with Crippen LogP contribution in [0.1, 0.15) is 48.8 Å². The third-order valence-electron chi connectivity index (χ3n) is 5.97. The third kappa shape index (κ3) is 4.13. The predicted molar refractivity (Wildman–Crippen MR) is 115 cm³/mol. The first kappa shape index (κ1) is 20.3. The molecule has 0 saturated carbocycles. The summed E-state index contributed by atoms with van der Waals surface area (Å²) in [6.45, 7) is 7.30. The van der Waals surface area contributed by atoms with Gasteiger partial charge in [-0.1, -0.05) is 12.1 Å². The molecule has 156 valence electrons. The quantitative estimate of drug-likeness (QED) is 0.633. The van der Waals surface area contributed by atoms with Gasteiger partial charge in [0.1, 0.15) is 11.9 Å². The molecule has 1 unspecified atom stereocenters. The summed E-state index contributed by atoms with van der Waals surface area (Å²) in [6, 6.07) is 12.3. The minimum absolute atomic E-state index is 0.115. The summed E-state index contributed by atoms with van der Waals surface area (Å²) in [5, 5.41) is 4.28. The molecule has 0 aliphatic carbocycles. The molecule has 4 rings (SSSR count). The summed E-state index contributed by atoms with van der Waals surface area (Å²) in [5.41, 5.74) is 5.03. The molecule has 5 nitrogen and oxygen atoms in total. The molecule has 0 radical (unpaired) electrons. The minimum atomic E-state index is -0.293. The third-order valence-corrected chi connectivity index (χ3v) is 5.97. The van der Waals surface area contributed by atoms with Gasteiger partial charge in [-0.15, -0.1) is 0 Å². The highest BCUT2D eigenvalue weighted by molar-refractivity contribution is 5.80. The van der Waals surface area contributed by atoms with E-state index in [-0.39, 0.29) is 17.8 Å². The van der Waals surface area contributed by atoms with Crippen LogP contribution >= 0.6 is 0 Å². The molecule has 30 heavy (non-hydrogen) atoms. The Morgan fingerprint density at radius 3 is 2.40 bits per heavy atom. The Labute approximate surface area is 176 Å². The first-order chi connectivity index (χ1) is 14.4. The highest BCUT2D eigenvalue weighted by atomic mass is 19.1. The van der Waals surface area contributed by atoms with E-state index in [4.69, 9.17) is 4.98 Å². The number of nitrogens with zero attached hydrogens (tertiary/aromatic N) is 4. The summed E-state index contributed by atoms with van der Waals surface area (Å²) in [5.74, 6) is 0.195. The topological polar surface area (TPSA) is 51.0 Å². The SMILES string of the molecule is Cc1cc(-c2ccc(F)cc2)cc(C2CCN(C(=O)C(C)n3nccc3C)CC2)n1. The average molecular weight is 407 g/mol. The van der Waals surface area contributed by atoms with Crippen molar-refractivity contribution in [3.8, 4) is 11.1 Å². The lowest BCUT2D eigenvalue weighted by molar-refractivity contribution is -0.135. The Morgan fingerprint density at radius 2 is 1.77 bits per heavy atom. The van der Waals surface area contributed by atoms with Gasteiger partial charge in [0.25, 0.3) is 0 Å². The van der Waals surface area contributed by atoms with E-state index >= 15 is 0 Å². The van der Waals surface area contributed by atoms with E-state index in [1.165, 1.54) is 12.1 Å². The number of amides is 1. The second-order valence-electron chi connectivity index (χ2n) is 8.12. The van der Waals surface area contributed by atoms with Crippen molar-refractivity contribution < 1.29 is 9.18 Å². The Kier molecular flexibility index (Phi) is 5.66. The second-order valence-corrected chi connectivity index (χ2v) is 8.12. The number of hydrogen-bond acceptors (Lipinski definition) is 3. The van der Waals surface area contributed by atoms with Crippen molar-refractivity contribution in [3.63, 3.8) is 0 Å². The highest BCUT2D eigenvalue weighted by Gasteiger charge is 2.29. The zero-order valence-electron chi connectivity index (χ0n) is 17.7. The van der Waals surface area contributed by atoms with E-state index in [9.17, 15) is 9.18 Å². The Hall–Kier alpha value is -3.02. The van der Waals surface area contributed by atoms with Crippen molar-refractivity contribution in [1.82, 2.24) is 19.7 Å². The van der Waals surface area contributed by atoms with E-state index in [1.54, 1.807) is 23.0 Å². The monoisotopic (exact) mass is 406 g/mol. The van der Waals surface area contributed by atoms with Crippen LogP contribution in [0.15, 0.2) is 48.7 Å². The molecule has 0 N–H and O–H groups in total. The van der Waals surface area contributed by atoms with Gasteiger partial charge in [0.05, 0.1) is 0 Å². The molecule has 2 aromatic heterocycles. The van der Waals surface area contributed by atoms with Crippen molar-refractivity contribution >= 4 is 5.91 Å². The van der Waals surface area contributed by atoms with Crippen LogP contribution in [0.4, 0.5) is 4.39 Å². The number of pyridine rings is 1. The van der Waals surface area contributed by atoms with Crippen LogP contribution in [-0.2, 0) is 4.79 Å². The van der Waals surface area contributed by atoms with E-state index in [0.717, 1.165) is 54.1 Å². The largest absolute Gasteiger partial charge is 0.341 e. The van der Waals surface area contributed by atoms with Crippen LogP contribution in [0.25, 0.3) is 11.1 Å². The number of carbonyl (C=O) groups is 1. The van der Waals surface area contributed by atoms with Crippen molar-refractivity contribution in [1.29, 1.82) is 0 Å². The number of halogens is 1. The number of carbonyl (C=O) groups excluding carboxylic acids is 1. The molecule has 1 aliphatic rings. The number of likely N-dealkylation sites (tertiary alicyclic amines) is 1. The van der Waals surface area contributed by atoms with Gasteiger partial charge in [0.15, 0.2) is 0 Å². The summed E-state index contributed by atoms with van der Waals surface area (Å²) >= 11 is 0. The van der Waals surface area contributed by atoms with Gasteiger partial charge < -0.3 is 4.90 Å². The standard InChI is InChI=1S/C24H27FN4O/c1-16-14-21(19-4-6-22(25)7-5-19)15-23(27-16)20-9-12-28(13-10-20)24(30)18(3)29-17(2)8-11-26-29/h4-8,11,14-15,18,20H,9-10,12-13H2,1-3H3. The lowest BCUT2D eigenvalue weighted by Crippen LogP contribution is -2.41. The van der Waals surface area contributed by atoms with Crippen molar-refractivity contribution in [2.24, 2.45) is 0 Å². The van der Waals surface area contributed by atoms with E-state index < -0.39 is 0 Å². The van der Waals surface area contributed by atoms with Crippen LogP contribution in [0.3, 0.4) is 0 Å². The van der Waals surface area contributed by atoms with E-state index in [0.29, 0.717) is 5.92 Å². The van der Waals surface area contributed by atoms with Gasteiger partial charge in [0, 0.05) is 42.3 Å². The fourth-order valence-corrected chi connectivity index (χ4v) is 4.26. The summed E-state index contributed by atoms with van der Waals surface area (Å²) < 4.78 is 15.1. The Balaban J connectivity index is 1.46. The van der Waals surface area contributed by atoms with Crippen LogP contribution < -0.4 is 0 Å². The van der Waals surface area contributed by atoms with Crippen LogP contribution in [0, 0.1) is 19.7 Å². The maximum absolute atomic E-state index is 13.3. The van der Waals surface area contributed by atoms with Crippen molar-refractivity contribution in [2.45, 2.75) is 45.6 Å². The summed E-state index contributed by atoms with van der Waals surface area (Å²) in [6.07, 6.45) is 3.50. The first-order valence-corrected chi connectivity index (χ1v) is 10.5. The van der Waals surface area contributed by atoms with Crippen molar-refractivity contribution in [2.75, 3.05) is 13.1 Å². The lowest BCUT2D eigenvalue weighted by atomic mass is 9.91. The van der Waals surface area contributed by atoms with E-state index in [1.807, 2.05) is 37.8 Å². The fraction of sp³-hybridized carbons (Fsp3) is 0.375. The lowest BCUT2D eigenvalue weighted by Gasteiger charge is -2.33. The molecular weight excluding hydrogens is 379 g/mol. The number of aromatic nitrogens is 3. The smallest absolute Gasteiger partial charge is 0.247 e. The number of rotatable bonds is 4. The summed E-state index contributed by atoms with van der Waals surface area (Å²) in [4.78, 5) is 19.6. The molecule has 3 heterocycles. The molecule has 3 aromatic rings. The molecule has 1 saturated heterocycles. The fourth-order valence-electron chi connectivity index (χ4n) is 4.26. The van der Waals surface area contributed by atoms with Crippen molar-refractivity contribution in [3.05, 3.63) is 71.6 Å². The number of benzene rings is 1. The van der Waals surface area contributed by atoms with Gasteiger partial charge in [-0.3, -0.25) is 14.5 Å².